The largest absolute Gasteiger partial charge is 0.462 e. The normalized spacial score (nSPS) is 18.0. The van der Waals surface area contributed by atoms with Crippen LogP contribution in [0.3, 0.4) is 0 Å². The van der Waals surface area contributed by atoms with E-state index in [2.05, 4.69) is 0 Å². The van der Waals surface area contributed by atoms with Crippen LogP contribution in [0.5, 0.6) is 0 Å². The predicted molar refractivity (Wildman–Crippen MR) is 110 cm³/mol. The van der Waals surface area contributed by atoms with Crippen LogP contribution in [0.2, 0.25) is 5.02 Å². The number of para-hydroxylation sites is 1. The molecule has 0 aromatic heterocycles. The van der Waals surface area contributed by atoms with E-state index in [0.29, 0.717) is 22.2 Å². The van der Waals surface area contributed by atoms with Gasteiger partial charge in [0.25, 0.3) is 0 Å². The van der Waals surface area contributed by atoms with Gasteiger partial charge in [-0.3, -0.25) is 9.69 Å². The third-order valence-corrected chi connectivity index (χ3v) is 5.62. The van der Waals surface area contributed by atoms with Crippen molar-refractivity contribution >= 4 is 40.9 Å². The fourth-order valence-electron chi connectivity index (χ4n) is 2.82. The molecule has 1 fully saturated rings. The van der Waals surface area contributed by atoms with Gasteiger partial charge in [0.1, 0.15) is 11.1 Å². The Morgan fingerprint density at radius 3 is 2.50 bits per heavy atom. The third kappa shape index (κ3) is 4.22. The van der Waals surface area contributed by atoms with Crippen LogP contribution in [0.4, 0.5) is 5.69 Å². The molecule has 1 atom stereocenters. The van der Waals surface area contributed by atoms with Crippen LogP contribution in [0.15, 0.2) is 65.2 Å². The van der Waals surface area contributed by atoms with Crippen molar-refractivity contribution in [2.75, 3.05) is 11.5 Å². The maximum absolute atomic E-state index is 13.2. The topological polar surface area (TPSA) is 70.4 Å². The number of hydrogen-bond donors (Lipinski definition) is 0. The number of halogens is 1. The van der Waals surface area contributed by atoms with E-state index in [1.54, 1.807) is 43.3 Å². The van der Waals surface area contributed by atoms with Gasteiger partial charge in [0, 0.05) is 10.7 Å². The first-order valence-electron chi connectivity index (χ1n) is 8.66. The second kappa shape index (κ2) is 8.96. The average molecular weight is 413 g/mol. The lowest BCUT2D eigenvalue weighted by Crippen LogP contribution is -2.30. The molecule has 1 amide bonds. The zero-order valence-electron chi connectivity index (χ0n) is 15.1. The molecule has 0 saturated carbocycles. The second-order valence-corrected chi connectivity index (χ2v) is 7.59. The molecule has 1 aliphatic rings. The smallest absolute Gasteiger partial charge is 0.351 e. The number of esters is 1. The Kier molecular flexibility index (Phi) is 6.40. The number of thioether (sulfide) groups is 1. The molecule has 2 aromatic carbocycles. The minimum absolute atomic E-state index is 0.148. The molecule has 0 aliphatic carbocycles. The first kappa shape index (κ1) is 20.0. The molecule has 28 heavy (non-hydrogen) atoms. The summed E-state index contributed by atoms with van der Waals surface area (Å²) in [6.45, 7) is 1.82. The van der Waals surface area contributed by atoms with Crippen LogP contribution in [-0.4, -0.2) is 23.7 Å². The Bertz CT molecular complexity index is 952. The van der Waals surface area contributed by atoms with Gasteiger partial charge < -0.3 is 4.74 Å². The van der Waals surface area contributed by atoms with Crippen molar-refractivity contribution in [3.63, 3.8) is 0 Å². The predicted octanol–water partition coefficient (Wildman–Crippen LogP) is 4.33. The zero-order valence-corrected chi connectivity index (χ0v) is 16.7. The molecule has 1 heterocycles. The molecule has 142 valence electrons. The number of hydrogen-bond acceptors (Lipinski definition) is 5. The van der Waals surface area contributed by atoms with Crippen molar-refractivity contribution in [1.82, 2.24) is 0 Å². The maximum Gasteiger partial charge on any atom is 0.351 e. The number of nitriles is 1. The Morgan fingerprint density at radius 2 is 1.89 bits per heavy atom. The highest BCUT2D eigenvalue weighted by atomic mass is 35.5. The van der Waals surface area contributed by atoms with Crippen molar-refractivity contribution in [3.05, 3.63) is 75.8 Å². The summed E-state index contributed by atoms with van der Waals surface area (Å²) in [6.07, 6.45) is 0.453. The van der Waals surface area contributed by atoms with Crippen LogP contribution in [0, 0.1) is 11.3 Å². The number of amides is 1. The number of carbonyl (C=O) groups excluding carboxylic acids is 2. The van der Waals surface area contributed by atoms with Crippen molar-refractivity contribution in [1.29, 1.82) is 5.26 Å². The minimum atomic E-state index is -0.728. The summed E-state index contributed by atoms with van der Waals surface area (Å²) in [4.78, 5) is 26.9. The Balaban J connectivity index is 2.01. The average Bonchev–Trinajstić information content (AvgIpc) is 3.01. The van der Waals surface area contributed by atoms with E-state index in [1.165, 1.54) is 16.7 Å². The van der Waals surface area contributed by atoms with E-state index < -0.39 is 11.2 Å². The summed E-state index contributed by atoms with van der Waals surface area (Å²) >= 11 is 7.14. The first-order valence-corrected chi connectivity index (χ1v) is 9.92. The second-order valence-electron chi connectivity index (χ2n) is 5.96. The molecule has 1 aliphatic heterocycles. The molecule has 3 rings (SSSR count). The summed E-state index contributed by atoms with van der Waals surface area (Å²) in [5.41, 5.74) is 1.38. The standard InChI is InChI=1S/C21H17ClN2O3S/c1-2-27-21(26)17(13-23)20-24(16-6-4-3-5-7-16)19(25)18(28-20)12-14-8-10-15(22)11-9-14/h3-11,18H,2,12H2,1H3. The highest BCUT2D eigenvalue weighted by molar-refractivity contribution is 8.05. The van der Waals surface area contributed by atoms with Crippen LogP contribution in [0.1, 0.15) is 12.5 Å². The van der Waals surface area contributed by atoms with Gasteiger partial charge in [-0.05, 0) is 43.2 Å². The fourth-order valence-corrected chi connectivity index (χ4v) is 4.25. The molecule has 0 radical (unpaired) electrons. The van der Waals surface area contributed by atoms with E-state index in [4.69, 9.17) is 16.3 Å². The van der Waals surface area contributed by atoms with Gasteiger partial charge in [0.15, 0.2) is 5.57 Å². The summed E-state index contributed by atoms with van der Waals surface area (Å²) < 4.78 is 5.01. The number of carbonyl (C=O) groups is 2. The molecule has 1 saturated heterocycles. The minimum Gasteiger partial charge on any atom is -0.462 e. The van der Waals surface area contributed by atoms with Gasteiger partial charge in [-0.25, -0.2) is 4.79 Å². The molecule has 7 heteroatoms. The highest BCUT2D eigenvalue weighted by Gasteiger charge is 2.41. The van der Waals surface area contributed by atoms with E-state index in [0.717, 1.165) is 5.56 Å². The van der Waals surface area contributed by atoms with Gasteiger partial charge >= 0.3 is 5.97 Å². The van der Waals surface area contributed by atoms with Crippen LogP contribution >= 0.6 is 23.4 Å². The molecule has 0 bridgehead atoms. The van der Waals surface area contributed by atoms with Crippen LogP contribution < -0.4 is 4.90 Å². The molecule has 1 unspecified atom stereocenters. The Labute approximate surface area is 172 Å². The Hall–Kier alpha value is -2.75. The van der Waals surface area contributed by atoms with Crippen LogP contribution in [0.25, 0.3) is 0 Å². The number of anilines is 1. The van der Waals surface area contributed by atoms with E-state index in [-0.39, 0.29) is 18.1 Å². The van der Waals surface area contributed by atoms with Gasteiger partial charge in [-0.2, -0.15) is 5.26 Å². The highest BCUT2D eigenvalue weighted by Crippen LogP contribution is 2.42. The number of nitrogens with zero attached hydrogens (tertiary/aromatic N) is 2. The lowest BCUT2D eigenvalue weighted by molar-refractivity contribution is -0.138. The number of benzene rings is 2. The number of rotatable bonds is 5. The SMILES string of the molecule is CCOC(=O)C(C#N)=C1SC(Cc2ccc(Cl)cc2)C(=O)N1c1ccccc1. The molecule has 2 aromatic rings. The molecule has 0 N–H and O–H groups in total. The monoisotopic (exact) mass is 412 g/mol. The maximum atomic E-state index is 13.2. The zero-order chi connectivity index (χ0) is 20.1. The lowest BCUT2D eigenvalue weighted by atomic mass is 10.1. The van der Waals surface area contributed by atoms with Crippen LogP contribution in [-0.2, 0) is 20.7 Å². The van der Waals surface area contributed by atoms with Crippen molar-refractivity contribution in [2.45, 2.75) is 18.6 Å². The van der Waals surface area contributed by atoms with Crippen molar-refractivity contribution < 1.29 is 14.3 Å². The van der Waals surface area contributed by atoms with Gasteiger partial charge in [0.05, 0.1) is 11.9 Å². The van der Waals surface area contributed by atoms with Gasteiger partial charge in [0.2, 0.25) is 5.91 Å². The summed E-state index contributed by atoms with van der Waals surface area (Å²) in [5.74, 6) is -0.911. The van der Waals surface area contributed by atoms with Crippen molar-refractivity contribution in [2.24, 2.45) is 0 Å². The molecule has 0 spiro atoms. The van der Waals surface area contributed by atoms with E-state index in [9.17, 15) is 14.9 Å². The Morgan fingerprint density at radius 1 is 1.21 bits per heavy atom. The summed E-state index contributed by atoms with van der Waals surface area (Å²) in [7, 11) is 0. The lowest BCUT2D eigenvalue weighted by Gasteiger charge is -2.18. The summed E-state index contributed by atoms with van der Waals surface area (Å²) in [5, 5.41) is 10.0. The molecular formula is C21H17ClN2O3S. The number of ether oxygens (including phenoxy) is 1. The third-order valence-electron chi connectivity index (χ3n) is 4.11. The van der Waals surface area contributed by atoms with Crippen molar-refractivity contribution in [3.8, 4) is 6.07 Å². The van der Waals surface area contributed by atoms with Gasteiger partial charge in [-0.15, -0.1) is 0 Å². The van der Waals surface area contributed by atoms with E-state index in [1.807, 2.05) is 24.3 Å². The molecule has 5 nitrogen and oxygen atoms in total. The van der Waals surface area contributed by atoms with Gasteiger partial charge in [-0.1, -0.05) is 53.7 Å². The molecular weight excluding hydrogens is 396 g/mol. The van der Waals surface area contributed by atoms with E-state index >= 15 is 0 Å². The fraction of sp³-hybridized carbons (Fsp3) is 0.190. The quantitative estimate of drug-likeness (QED) is 0.415. The first-order chi connectivity index (χ1) is 13.5. The summed E-state index contributed by atoms with van der Waals surface area (Å²) in [6, 6.07) is 18.1.